The van der Waals surface area contributed by atoms with E-state index >= 15 is 0 Å². The van der Waals surface area contributed by atoms with Gasteiger partial charge in [-0.15, -0.1) is 11.3 Å². The van der Waals surface area contributed by atoms with Gasteiger partial charge < -0.3 is 25.6 Å². The van der Waals surface area contributed by atoms with E-state index in [0.717, 1.165) is 32.9 Å². The molecule has 8 nitrogen and oxygen atoms in total. The van der Waals surface area contributed by atoms with Crippen molar-refractivity contribution in [3.05, 3.63) is 63.3 Å². The lowest BCUT2D eigenvalue weighted by atomic mass is 9.88. The summed E-state index contributed by atoms with van der Waals surface area (Å²) in [5.74, 6) is -1.50. The van der Waals surface area contributed by atoms with Gasteiger partial charge in [-0.3, -0.25) is 9.59 Å². The molecule has 9 heteroatoms. The van der Waals surface area contributed by atoms with Gasteiger partial charge in [0.15, 0.2) is 18.1 Å². The number of carbonyl (C=O) groups is 3. The van der Waals surface area contributed by atoms with Crippen LogP contribution in [0, 0.1) is 6.92 Å². The molecule has 2 aromatic carbocycles. The van der Waals surface area contributed by atoms with Gasteiger partial charge in [0.05, 0.1) is 12.8 Å². The number of aromatic carboxylic acids is 1. The Morgan fingerprint density at radius 1 is 1.18 bits per heavy atom. The zero-order valence-electron chi connectivity index (χ0n) is 18.0. The number of aryl methyl sites for hydroxylation is 1. The van der Waals surface area contributed by atoms with Crippen LogP contribution in [0.15, 0.2) is 42.5 Å². The summed E-state index contributed by atoms with van der Waals surface area (Å²) < 4.78 is 10.8. The first kappa shape index (κ1) is 22.3. The van der Waals surface area contributed by atoms with E-state index in [4.69, 9.17) is 15.2 Å². The van der Waals surface area contributed by atoms with Crippen molar-refractivity contribution >= 4 is 34.8 Å². The maximum Gasteiger partial charge on any atom is 0.346 e. The van der Waals surface area contributed by atoms with Crippen molar-refractivity contribution in [1.82, 2.24) is 0 Å². The first-order chi connectivity index (χ1) is 15.8. The number of nitrogens with one attached hydrogen (secondary N) is 1. The number of anilines is 1. The number of carboxylic acid groups (broad SMARTS) is 1. The summed E-state index contributed by atoms with van der Waals surface area (Å²) in [5, 5.41) is 12.8. The third-order valence-corrected chi connectivity index (χ3v) is 6.69. The van der Waals surface area contributed by atoms with Crippen LogP contribution in [0.2, 0.25) is 0 Å². The topological polar surface area (TPSA) is 128 Å². The van der Waals surface area contributed by atoms with Gasteiger partial charge in [-0.2, -0.15) is 0 Å². The van der Waals surface area contributed by atoms with E-state index in [1.54, 1.807) is 18.2 Å². The summed E-state index contributed by atoms with van der Waals surface area (Å²) in [6.45, 7) is 1.66. The second-order valence-corrected chi connectivity index (χ2v) is 8.74. The van der Waals surface area contributed by atoms with Gasteiger partial charge >= 0.3 is 5.97 Å². The molecular formula is C24H22N2O6S. The van der Waals surface area contributed by atoms with Crippen LogP contribution >= 0.6 is 11.3 Å². The number of benzene rings is 2. The monoisotopic (exact) mass is 466 g/mol. The number of methoxy groups -OCH3 is 1. The summed E-state index contributed by atoms with van der Waals surface area (Å²) in [5.41, 5.74) is 8.72. The van der Waals surface area contributed by atoms with Crippen LogP contribution in [-0.4, -0.2) is 36.6 Å². The molecule has 0 saturated heterocycles. The molecule has 1 aliphatic rings. The Bertz CT molecular complexity index is 1250. The number of hydrogen-bond acceptors (Lipinski definition) is 6. The second-order valence-electron chi connectivity index (χ2n) is 7.69. The minimum Gasteiger partial charge on any atom is -0.493 e. The highest BCUT2D eigenvalue weighted by Crippen LogP contribution is 2.50. The van der Waals surface area contributed by atoms with Crippen LogP contribution in [0.3, 0.4) is 0 Å². The number of nitrogens with two attached hydrogens (primary N) is 1. The number of carbonyl (C=O) groups excluding carboxylic acids is 2. The number of carboxylic acids is 1. The predicted octanol–water partition coefficient (Wildman–Crippen LogP) is 3.77. The molecule has 1 atom stereocenters. The number of primary amides is 1. The van der Waals surface area contributed by atoms with Gasteiger partial charge in [-0.25, -0.2) is 4.79 Å². The molecule has 2 amide bonds. The minimum absolute atomic E-state index is 0.157. The highest BCUT2D eigenvalue weighted by Gasteiger charge is 2.34. The Labute approximate surface area is 193 Å². The lowest BCUT2D eigenvalue weighted by Gasteiger charge is -2.24. The van der Waals surface area contributed by atoms with Crippen LogP contribution in [0.5, 0.6) is 11.5 Å². The Morgan fingerprint density at radius 2 is 1.91 bits per heavy atom. The van der Waals surface area contributed by atoms with Crippen molar-refractivity contribution in [3.63, 3.8) is 0 Å². The Balaban J connectivity index is 1.82. The average molecular weight is 467 g/mol. The van der Waals surface area contributed by atoms with E-state index in [1.165, 1.54) is 7.11 Å². The molecule has 1 aromatic heterocycles. The van der Waals surface area contributed by atoms with E-state index in [-0.39, 0.29) is 29.7 Å². The third kappa shape index (κ3) is 4.40. The molecule has 1 aliphatic heterocycles. The van der Waals surface area contributed by atoms with Crippen molar-refractivity contribution in [2.24, 2.45) is 5.73 Å². The molecule has 0 bridgehead atoms. The molecule has 3 aromatic rings. The summed E-state index contributed by atoms with van der Waals surface area (Å²) in [6, 6.07) is 12.7. The van der Waals surface area contributed by atoms with E-state index in [1.807, 2.05) is 31.2 Å². The molecule has 4 N–H and O–H groups in total. The molecule has 170 valence electrons. The van der Waals surface area contributed by atoms with Crippen LogP contribution in [0.25, 0.3) is 11.1 Å². The Hall–Kier alpha value is -3.85. The molecule has 0 unspecified atom stereocenters. The van der Waals surface area contributed by atoms with E-state index in [9.17, 15) is 19.5 Å². The molecule has 0 fully saturated rings. The fourth-order valence-corrected chi connectivity index (χ4v) is 5.12. The molecule has 0 radical (unpaired) electrons. The number of ether oxygens (including phenoxy) is 2. The van der Waals surface area contributed by atoms with Crippen molar-refractivity contribution in [2.75, 3.05) is 19.0 Å². The molecule has 0 aliphatic carbocycles. The summed E-state index contributed by atoms with van der Waals surface area (Å²) in [4.78, 5) is 36.7. The van der Waals surface area contributed by atoms with Crippen molar-refractivity contribution < 1.29 is 29.0 Å². The van der Waals surface area contributed by atoms with E-state index in [2.05, 4.69) is 5.32 Å². The number of fused-ring (bicyclic) bond motifs is 1. The number of thiophene rings is 1. The largest absolute Gasteiger partial charge is 0.493 e. The Kier molecular flexibility index (Phi) is 6.06. The van der Waals surface area contributed by atoms with Crippen molar-refractivity contribution in [2.45, 2.75) is 19.3 Å². The summed E-state index contributed by atoms with van der Waals surface area (Å²) in [7, 11) is 1.47. The normalized spacial score (nSPS) is 14.8. The first-order valence-electron chi connectivity index (χ1n) is 10.1. The van der Waals surface area contributed by atoms with Crippen LogP contribution in [0.1, 0.15) is 38.0 Å². The predicted molar refractivity (Wildman–Crippen MR) is 124 cm³/mol. The van der Waals surface area contributed by atoms with Gasteiger partial charge in [0.25, 0.3) is 5.91 Å². The van der Waals surface area contributed by atoms with E-state index in [0.29, 0.717) is 22.7 Å². The maximum atomic E-state index is 12.7. The quantitative estimate of drug-likeness (QED) is 0.486. The molecule has 4 rings (SSSR count). The SMILES string of the molecule is COc1cc([C@@H]2CC(=O)Nc3c2sc(C(=O)O)c3-c2ccc(C)cc2)ccc1OCC(N)=O. The maximum absolute atomic E-state index is 12.7. The summed E-state index contributed by atoms with van der Waals surface area (Å²) >= 11 is 1.16. The number of amides is 2. The van der Waals surface area contributed by atoms with E-state index < -0.39 is 11.9 Å². The molecule has 2 heterocycles. The number of hydrogen-bond donors (Lipinski definition) is 3. The highest BCUT2D eigenvalue weighted by molar-refractivity contribution is 7.15. The third-order valence-electron chi connectivity index (χ3n) is 5.40. The standard InChI is InChI=1S/C24H22N2O6S/c1-12-3-5-13(6-4-12)20-21-22(33-23(20)24(29)30)15(10-19(28)26-21)14-7-8-16(17(9-14)31-2)32-11-18(25)27/h3-9,15H,10-11H2,1-2H3,(H2,25,27)(H,26,28)(H,29,30)/t15-/m0/s1. The minimum atomic E-state index is -1.05. The highest BCUT2D eigenvalue weighted by atomic mass is 32.1. The average Bonchev–Trinajstić information content (AvgIpc) is 3.17. The molecule has 0 saturated carbocycles. The zero-order chi connectivity index (χ0) is 23.7. The lowest BCUT2D eigenvalue weighted by Crippen LogP contribution is -2.22. The molecular weight excluding hydrogens is 444 g/mol. The van der Waals surface area contributed by atoms with Gasteiger partial charge in [-0.1, -0.05) is 35.9 Å². The fraction of sp³-hybridized carbons (Fsp3) is 0.208. The van der Waals surface area contributed by atoms with Gasteiger partial charge in [0, 0.05) is 22.8 Å². The van der Waals surface area contributed by atoms with Crippen molar-refractivity contribution in [3.8, 4) is 22.6 Å². The summed E-state index contributed by atoms with van der Waals surface area (Å²) in [6.07, 6.45) is 0.157. The first-order valence-corrected chi connectivity index (χ1v) is 11.0. The van der Waals surface area contributed by atoms with Gasteiger partial charge in [0.2, 0.25) is 5.91 Å². The zero-order valence-corrected chi connectivity index (χ0v) is 18.8. The fourth-order valence-electron chi connectivity index (χ4n) is 3.87. The van der Waals surface area contributed by atoms with Crippen LogP contribution in [0.4, 0.5) is 5.69 Å². The smallest absolute Gasteiger partial charge is 0.346 e. The van der Waals surface area contributed by atoms with Crippen LogP contribution in [-0.2, 0) is 9.59 Å². The van der Waals surface area contributed by atoms with Gasteiger partial charge in [-0.05, 0) is 30.2 Å². The molecule has 0 spiro atoms. The van der Waals surface area contributed by atoms with Crippen molar-refractivity contribution in [1.29, 1.82) is 0 Å². The second kappa shape index (κ2) is 8.95. The lowest BCUT2D eigenvalue weighted by molar-refractivity contribution is -0.120. The molecule has 33 heavy (non-hydrogen) atoms. The van der Waals surface area contributed by atoms with Gasteiger partial charge in [0.1, 0.15) is 4.88 Å². The Morgan fingerprint density at radius 3 is 2.55 bits per heavy atom. The van der Waals surface area contributed by atoms with Crippen LogP contribution < -0.4 is 20.5 Å². The number of rotatable bonds is 7.